The number of aromatic nitrogens is 2. The minimum atomic E-state index is 0.172. The van der Waals surface area contributed by atoms with Gasteiger partial charge in [0, 0.05) is 17.6 Å². The lowest BCUT2D eigenvalue weighted by Gasteiger charge is -2.08. The Balaban J connectivity index is 2.27. The summed E-state index contributed by atoms with van der Waals surface area (Å²) in [6.07, 6.45) is 0. The van der Waals surface area contributed by atoms with Crippen LogP contribution in [0.25, 0.3) is 0 Å². The topological polar surface area (TPSA) is 73.1 Å². The number of nitrogens with zero attached hydrogens (tertiary/aromatic N) is 2. The van der Waals surface area contributed by atoms with E-state index in [9.17, 15) is 0 Å². The highest BCUT2D eigenvalue weighted by atomic mass is 79.9. The van der Waals surface area contributed by atoms with Gasteiger partial charge in [-0.1, -0.05) is 15.9 Å². The van der Waals surface area contributed by atoms with Crippen molar-refractivity contribution in [2.75, 3.05) is 18.1 Å². The van der Waals surface area contributed by atoms with E-state index in [-0.39, 0.29) is 5.95 Å². The summed E-state index contributed by atoms with van der Waals surface area (Å²) in [4.78, 5) is 8.02. The van der Waals surface area contributed by atoms with Gasteiger partial charge in [-0.2, -0.15) is 9.97 Å². The van der Waals surface area contributed by atoms with E-state index in [0.29, 0.717) is 17.4 Å². The first-order valence-electron chi connectivity index (χ1n) is 5.35. The molecule has 94 valence electrons. The number of nitrogen functional groups attached to an aromatic ring is 1. The third-order valence-electron chi connectivity index (χ3n) is 2.33. The second-order valence-corrected chi connectivity index (χ2v) is 4.57. The molecule has 1 heterocycles. The first kappa shape index (κ1) is 12.6. The molecule has 1 aromatic heterocycles. The molecule has 0 aliphatic carbocycles. The van der Waals surface area contributed by atoms with Gasteiger partial charge < -0.3 is 15.8 Å². The molecular weight excluding hydrogens is 296 g/mol. The number of halogens is 1. The molecule has 0 saturated heterocycles. The number of anilines is 2. The number of benzene rings is 1. The zero-order valence-electron chi connectivity index (χ0n) is 10.1. The van der Waals surface area contributed by atoms with Gasteiger partial charge in [-0.3, -0.25) is 0 Å². The number of hydrogen-bond acceptors (Lipinski definition) is 5. The first-order valence-corrected chi connectivity index (χ1v) is 6.14. The Kier molecular flexibility index (Phi) is 3.66. The van der Waals surface area contributed by atoms with Crippen molar-refractivity contribution in [2.24, 2.45) is 0 Å². The van der Waals surface area contributed by atoms with Crippen molar-refractivity contribution in [3.63, 3.8) is 0 Å². The predicted molar refractivity (Wildman–Crippen MR) is 74.9 cm³/mol. The molecule has 0 atom stereocenters. The van der Waals surface area contributed by atoms with Gasteiger partial charge in [-0.25, -0.2) is 0 Å². The van der Waals surface area contributed by atoms with Crippen molar-refractivity contribution >= 4 is 27.7 Å². The molecule has 1 aromatic carbocycles. The Morgan fingerprint density at radius 1 is 1.28 bits per heavy atom. The number of hydrogen-bond donors (Lipinski definition) is 2. The van der Waals surface area contributed by atoms with Gasteiger partial charge in [0.25, 0.3) is 0 Å². The molecule has 18 heavy (non-hydrogen) atoms. The zero-order valence-corrected chi connectivity index (χ0v) is 11.7. The Hall–Kier alpha value is -1.82. The number of nitrogens with two attached hydrogens (primary N) is 1. The SMILES string of the molecule is CNc1cc(Oc2ccc(Br)c(C)c2)nc(N)n1. The quantitative estimate of drug-likeness (QED) is 0.912. The second kappa shape index (κ2) is 5.22. The largest absolute Gasteiger partial charge is 0.439 e. The smallest absolute Gasteiger partial charge is 0.226 e. The van der Waals surface area contributed by atoms with Gasteiger partial charge in [0.05, 0.1) is 0 Å². The summed E-state index contributed by atoms with van der Waals surface area (Å²) in [6.45, 7) is 1.99. The highest BCUT2D eigenvalue weighted by Crippen LogP contribution is 2.26. The van der Waals surface area contributed by atoms with Crippen LogP contribution in [0.5, 0.6) is 11.6 Å². The molecule has 0 radical (unpaired) electrons. The van der Waals surface area contributed by atoms with Gasteiger partial charge in [-0.05, 0) is 30.7 Å². The Bertz CT molecular complexity index is 574. The van der Waals surface area contributed by atoms with Crippen molar-refractivity contribution in [3.8, 4) is 11.6 Å². The van der Waals surface area contributed by atoms with Gasteiger partial charge >= 0.3 is 0 Å². The van der Waals surface area contributed by atoms with Gasteiger partial charge in [-0.15, -0.1) is 0 Å². The van der Waals surface area contributed by atoms with E-state index in [1.807, 2.05) is 25.1 Å². The first-order chi connectivity index (χ1) is 8.58. The summed E-state index contributed by atoms with van der Waals surface area (Å²) in [7, 11) is 1.76. The van der Waals surface area contributed by atoms with Crippen molar-refractivity contribution in [1.29, 1.82) is 0 Å². The number of rotatable bonds is 3. The van der Waals surface area contributed by atoms with Crippen LogP contribution in [0.15, 0.2) is 28.7 Å². The van der Waals surface area contributed by atoms with E-state index in [0.717, 1.165) is 10.0 Å². The molecule has 6 heteroatoms. The van der Waals surface area contributed by atoms with Crippen LogP contribution in [0.3, 0.4) is 0 Å². The fourth-order valence-corrected chi connectivity index (χ4v) is 1.67. The molecule has 0 amide bonds. The average Bonchev–Trinajstić information content (AvgIpc) is 2.33. The van der Waals surface area contributed by atoms with E-state index >= 15 is 0 Å². The third kappa shape index (κ3) is 2.89. The summed E-state index contributed by atoms with van der Waals surface area (Å²) in [5, 5.41) is 2.90. The number of ether oxygens (including phenoxy) is 1. The van der Waals surface area contributed by atoms with E-state index in [4.69, 9.17) is 10.5 Å². The molecule has 5 nitrogen and oxygen atoms in total. The lowest BCUT2D eigenvalue weighted by atomic mass is 10.2. The molecule has 0 spiro atoms. The molecule has 3 N–H and O–H groups in total. The van der Waals surface area contributed by atoms with Crippen LogP contribution in [-0.2, 0) is 0 Å². The van der Waals surface area contributed by atoms with Crippen LogP contribution < -0.4 is 15.8 Å². The maximum absolute atomic E-state index is 5.65. The summed E-state index contributed by atoms with van der Waals surface area (Å²) < 4.78 is 6.68. The van der Waals surface area contributed by atoms with Crippen molar-refractivity contribution in [1.82, 2.24) is 9.97 Å². The molecule has 0 aliphatic heterocycles. The molecule has 2 aromatic rings. The maximum Gasteiger partial charge on any atom is 0.226 e. The van der Waals surface area contributed by atoms with Crippen LogP contribution in [0.1, 0.15) is 5.56 Å². The fraction of sp³-hybridized carbons (Fsp3) is 0.167. The van der Waals surface area contributed by atoms with E-state index in [1.54, 1.807) is 13.1 Å². The van der Waals surface area contributed by atoms with Crippen LogP contribution in [0.4, 0.5) is 11.8 Å². The standard InChI is InChI=1S/C12H13BrN4O/c1-7-5-8(3-4-9(7)13)18-11-6-10(15-2)16-12(14)17-11/h3-6H,1-2H3,(H3,14,15,16,17). The predicted octanol–water partition coefficient (Wildman–Crippen LogP) is 2.96. The summed E-state index contributed by atoms with van der Waals surface area (Å²) in [6, 6.07) is 7.39. The van der Waals surface area contributed by atoms with Crippen LogP contribution in [0.2, 0.25) is 0 Å². The minimum absolute atomic E-state index is 0.172. The van der Waals surface area contributed by atoms with Crippen LogP contribution in [-0.4, -0.2) is 17.0 Å². The summed E-state index contributed by atoms with van der Waals surface area (Å²) in [5.41, 5.74) is 6.68. The minimum Gasteiger partial charge on any atom is -0.439 e. The lowest BCUT2D eigenvalue weighted by molar-refractivity contribution is 0.462. The summed E-state index contributed by atoms with van der Waals surface area (Å²) in [5.74, 6) is 1.90. The molecule has 0 unspecified atom stereocenters. The van der Waals surface area contributed by atoms with E-state index in [1.165, 1.54) is 0 Å². The average molecular weight is 309 g/mol. The Morgan fingerprint density at radius 2 is 2.06 bits per heavy atom. The molecule has 0 bridgehead atoms. The Morgan fingerprint density at radius 3 is 2.72 bits per heavy atom. The molecule has 0 aliphatic rings. The van der Waals surface area contributed by atoms with Gasteiger partial charge in [0.2, 0.25) is 11.8 Å². The van der Waals surface area contributed by atoms with Crippen molar-refractivity contribution in [2.45, 2.75) is 6.92 Å². The monoisotopic (exact) mass is 308 g/mol. The Labute approximate surface area is 114 Å². The van der Waals surface area contributed by atoms with Gasteiger partial charge in [0.15, 0.2) is 0 Å². The normalized spacial score (nSPS) is 10.2. The van der Waals surface area contributed by atoms with Crippen LogP contribution in [0, 0.1) is 6.92 Å². The maximum atomic E-state index is 5.65. The van der Waals surface area contributed by atoms with Gasteiger partial charge in [0.1, 0.15) is 11.6 Å². The van der Waals surface area contributed by atoms with E-state index < -0.39 is 0 Å². The number of aryl methyl sites for hydroxylation is 1. The molecule has 2 rings (SSSR count). The lowest BCUT2D eigenvalue weighted by Crippen LogP contribution is -2.01. The van der Waals surface area contributed by atoms with E-state index in [2.05, 4.69) is 31.2 Å². The van der Waals surface area contributed by atoms with Crippen molar-refractivity contribution in [3.05, 3.63) is 34.3 Å². The molecule has 0 saturated carbocycles. The highest BCUT2D eigenvalue weighted by molar-refractivity contribution is 9.10. The van der Waals surface area contributed by atoms with Crippen molar-refractivity contribution < 1.29 is 4.74 Å². The highest BCUT2D eigenvalue weighted by Gasteiger charge is 2.05. The second-order valence-electron chi connectivity index (χ2n) is 3.71. The summed E-state index contributed by atoms with van der Waals surface area (Å²) >= 11 is 3.44. The zero-order chi connectivity index (χ0) is 13.1. The molecule has 0 fully saturated rings. The number of nitrogens with one attached hydrogen (secondary N) is 1. The fourth-order valence-electron chi connectivity index (χ4n) is 1.42. The van der Waals surface area contributed by atoms with Crippen LogP contribution >= 0.6 is 15.9 Å². The third-order valence-corrected chi connectivity index (χ3v) is 3.22. The molecular formula is C12H13BrN4O.